The van der Waals surface area contributed by atoms with Gasteiger partial charge in [0, 0.05) is 18.8 Å². The quantitative estimate of drug-likeness (QED) is 0.667. The van der Waals surface area contributed by atoms with Gasteiger partial charge in [0.15, 0.2) is 0 Å². The van der Waals surface area contributed by atoms with Crippen molar-refractivity contribution in [1.29, 1.82) is 0 Å². The maximum Gasteiger partial charge on any atom is 0.293 e. The average Bonchev–Trinajstić information content (AvgIpc) is 2.46. The summed E-state index contributed by atoms with van der Waals surface area (Å²) < 4.78 is 0. The van der Waals surface area contributed by atoms with Gasteiger partial charge in [-0.05, 0) is 30.7 Å². The van der Waals surface area contributed by atoms with E-state index in [2.05, 4.69) is 10.6 Å². The number of para-hydroxylation sites is 1. The van der Waals surface area contributed by atoms with Gasteiger partial charge in [-0.1, -0.05) is 18.2 Å². The largest absolute Gasteiger partial charge is 0.382 e. The topological polar surface area (TPSA) is 84.3 Å². The van der Waals surface area contributed by atoms with Gasteiger partial charge in [0.2, 0.25) is 0 Å². The fourth-order valence-electron chi connectivity index (χ4n) is 2.07. The van der Waals surface area contributed by atoms with Crippen LogP contribution in [0, 0.1) is 17.0 Å². The number of nitrogens with zero attached hydrogens (tertiary/aromatic N) is 1. The first-order valence-corrected chi connectivity index (χ1v) is 6.36. The molecule has 0 aliphatic carbocycles. The molecule has 0 spiro atoms. The third-order valence-electron chi connectivity index (χ3n) is 3.01. The number of nitro benzene ring substituents is 1. The number of benzene rings is 2. The van der Waals surface area contributed by atoms with Gasteiger partial charge in [0.1, 0.15) is 5.69 Å². The highest BCUT2D eigenvalue weighted by molar-refractivity contribution is 6.09. The average molecular weight is 285 g/mol. The molecule has 0 aromatic heterocycles. The number of anilines is 2. The van der Waals surface area contributed by atoms with E-state index < -0.39 is 10.8 Å². The van der Waals surface area contributed by atoms with E-state index in [1.807, 2.05) is 25.1 Å². The molecule has 0 aliphatic heterocycles. The number of carbonyl (C=O) groups excluding carboxylic acids is 1. The van der Waals surface area contributed by atoms with E-state index in [0.717, 1.165) is 5.56 Å². The lowest BCUT2D eigenvalue weighted by molar-refractivity contribution is -0.384. The van der Waals surface area contributed by atoms with Crippen molar-refractivity contribution < 1.29 is 9.72 Å². The lowest BCUT2D eigenvalue weighted by atomic mass is 10.1. The van der Waals surface area contributed by atoms with E-state index in [1.54, 1.807) is 19.2 Å². The minimum atomic E-state index is -0.519. The first-order valence-electron chi connectivity index (χ1n) is 6.36. The summed E-state index contributed by atoms with van der Waals surface area (Å²) in [6.07, 6.45) is 0. The van der Waals surface area contributed by atoms with E-state index in [4.69, 9.17) is 0 Å². The molecule has 2 N–H and O–H groups in total. The van der Waals surface area contributed by atoms with Gasteiger partial charge in [-0.15, -0.1) is 0 Å². The molecular formula is C15H15N3O3. The second-order valence-corrected chi connectivity index (χ2v) is 4.53. The third kappa shape index (κ3) is 3.17. The summed E-state index contributed by atoms with van der Waals surface area (Å²) in [6.45, 7) is 1.92. The maximum atomic E-state index is 12.3. The molecule has 1 amide bonds. The van der Waals surface area contributed by atoms with E-state index >= 15 is 0 Å². The number of carbonyl (C=O) groups is 1. The molecule has 2 aromatic carbocycles. The SMILES string of the molecule is CNc1c(C(=O)Nc2cccc(C)c2)cccc1[N+](=O)[O-]. The van der Waals surface area contributed by atoms with Crippen LogP contribution in [-0.2, 0) is 0 Å². The van der Waals surface area contributed by atoms with Crippen LogP contribution in [0.4, 0.5) is 17.1 Å². The molecule has 0 fully saturated rings. The first-order chi connectivity index (χ1) is 10.0. The van der Waals surface area contributed by atoms with Crippen molar-refractivity contribution >= 4 is 23.0 Å². The van der Waals surface area contributed by atoms with Gasteiger partial charge < -0.3 is 10.6 Å². The number of aryl methyl sites for hydroxylation is 1. The molecule has 0 radical (unpaired) electrons. The van der Waals surface area contributed by atoms with Crippen LogP contribution in [0.5, 0.6) is 0 Å². The highest BCUT2D eigenvalue weighted by Gasteiger charge is 2.20. The molecular weight excluding hydrogens is 270 g/mol. The summed E-state index contributed by atoms with van der Waals surface area (Å²) in [6, 6.07) is 11.7. The minimum Gasteiger partial charge on any atom is -0.382 e. The zero-order valence-electron chi connectivity index (χ0n) is 11.7. The number of nitro groups is 1. The molecule has 2 aromatic rings. The first kappa shape index (κ1) is 14.5. The van der Waals surface area contributed by atoms with E-state index in [9.17, 15) is 14.9 Å². The van der Waals surface area contributed by atoms with Crippen molar-refractivity contribution in [3.63, 3.8) is 0 Å². The fourth-order valence-corrected chi connectivity index (χ4v) is 2.07. The van der Waals surface area contributed by atoms with Gasteiger partial charge in [-0.2, -0.15) is 0 Å². The monoisotopic (exact) mass is 285 g/mol. The van der Waals surface area contributed by atoms with Crippen molar-refractivity contribution in [2.24, 2.45) is 0 Å². The second kappa shape index (κ2) is 6.04. The molecule has 6 nitrogen and oxygen atoms in total. The third-order valence-corrected chi connectivity index (χ3v) is 3.01. The highest BCUT2D eigenvalue weighted by atomic mass is 16.6. The highest BCUT2D eigenvalue weighted by Crippen LogP contribution is 2.28. The Kier molecular flexibility index (Phi) is 4.18. The molecule has 0 saturated heterocycles. The molecule has 0 aliphatic rings. The van der Waals surface area contributed by atoms with Gasteiger partial charge in [0.05, 0.1) is 10.5 Å². The number of rotatable bonds is 4. The lowest BCUT2D eigenvalue weighted by Crippen LogP contribution is -2.15. The van der Waals surface area contributed by atoms with Crippen LogP contribution < -0.4 is 10.6 Å². The fraction of sp³-hybridized carbons (Fsp3) is 0.133. The zero-order chi connectivity index (χ0) is 15.4. The normalized spacial score (nSPS) is 10.0. The second-order valence-electron chi connectivity index (χ2n) is 4.53. The Morgan fingerprint density at radius 3 is 2.52 bits per heavy atom. The summed E-state index contributed by atoms with van der Waals surface area (Å²) in [5.41, 5.74) is 1.96. The van der Waals surface area contributed by atoms with Crippen molar-refractivity contribution in [1.82, 2.24) is 0 Å². The van der Waals surface area contributed by atoms with Crippen LogP contribution >= 0.6 is 0 Å². The molecule has 0 unspecified atom stereocenters. The van der Waals surface area contributed by atoms with Crippen LogP contribution in [0.3, 0.4) is 0 Å². The Hall–Kier alpha value is -2.89. The van der Waals surface area contributed by atoms with Gasteiger partial charge in [-0.3, -0.25) is 14.9 Å². The van der Waals surface area contributed by atoms with Crippen LogP contribution in [0.1, 0.15) is 15.9 Å². The lowest BCUT2D eigenvalue weighted by Gasteiger charge is -2.10. The molecule has 0 saturated carbocycles. The van der Waals surface area contributed by atoms with Crippen LogP contribution in [-0.4, -0.2) is 17.9 Å². The Morgan fingerprint density at radius 1 is 1.19 bits per heavy atom. The Bertz CT molecular complexity index is 698. The van der Waals surface area contributed by atoms with Crippen molar-refractivity contribution in [2.75, 3.05) is 17.7 Å². The summed E-state index contributed by atoms with van der Waals surface area (Å²) in [4.78, 5) is 22.8. The number of hydrogen-bond donors (Lipinski definition) is 2. The van der Waals surface area contributed by atoms with E-state index in [1.165, 1.54) is 12.1 Å². The smallest absolute Gasteiger partial charge is 0.293 e. The van der Waals surface area contributed by atoms with Crippen molar-refractivity contribution in [2.45, 2.75) is 6.92 Å². The molecule has 2 rings (SSSR count). The summed E-state index contributed by atoms with van der Waals surface area (Å²) in [7, 11) is 1.55. The number of hydrogen-bond acceptors (Lipinski definition) is 4. The Labute approximate surface area is 121 Å². The van der Waals surface area contributed by atoms with Crippen LogP contribution in [0.25, 0.3) is 0 Å². The van der Waals surface area contributed by atoms with Crippen molar-refractivity contribution in [3.05, 3.63) is 63.7 Å². The molecule has 0 heterocycles. The predicted molar refractivity (Wildman–Crippen MR) is 81.8 cm³/mol. The molecule has 21 heavy (non-hydrogen) atoms. The summed E-state index contributed by atoms with van der Waals surface area (Å²) >= 11 is 0. The summed E-state index contributed by atoms with van der Waals surface area (Å²) in [5, 5.41) is 16.5. The molecule has 0 atom stereocenters. The molecule has 108 valence electrons. The Morgan fingerprint density at radius 2 is 1.90 bits per heavy atom. The Balaban J connectivity index is 2.35. The van der Waals surface area contributed by atoms with Crippen molar-refractivity contribution in [3.8, 4) is 0 Å². The van der Waals surface area contributed by atoms with Gasteiger partial charge >= 0.3 is 0 Å². The standard InChI is InChI=1S/C15H15N3O3/c1-10-5-3-6-11(9-10)17-15(19)12-7-4-8-13(18(20)21)14(12)16-2/h3-9,16H,1-2H3,(H,17,19). The van der Waals surface area contributed by atoms with Gasteiger partial charge in [-0.25, -0.2) is 0 Å². The van der Waals surface area contributed by atoms with E-state index in [0.29, 0.717) is 5.69 Å². The molecule has 0 bridgehead atoms. The van der Waals surface area contributed by atoms with Crippen LogP contribution in [0.2, 0.25) is 0 Å². The zero-order valence-corrected chi connectivity index (χ0v) is 11.7. The maximum absolute atomic E-state index is 12.3. The summed E-state index contributed by atoms with van der Waals surface area (Å²) in [5.74, 6) is -0.395. The number of nitrogens with one attached hydrogen (secondary N) is 2. The predicted octanol–water partition coefficient (Wildman–Crippen LogP) is 3.20. The van der Waals surface area contributed by atoms with Gasteiger partial charge in [0.25, 0.3) is 11.6 Å². The molecule has 6 heteroatoms. The van der Waals surface area contributed by atoms with E-state index in [-0.39, 0.29) is 16.9 Å². The minimum absolute atomic E-state index is 0.130. The van der Waals surface area contributed by atoms with Crippen LogP contribution in [0.15, 0.2) is 42.5 Å². The number of amides is 1.